The molecule has 1 saturated heterocycles. The number of ether oxygens (including phenoxy) is 2. The molecule has 1 aliphatic heterocycles. The second-order valence-electron chi connectivity index (χ2n) is 8.02. The van der Waals surface area contributed by atoms with Gasteiger partial charge in [0.2, 0.25) is 0 Å². The largest absolute Gasteiger partial charge is 0.379 e. The Kier molecular flexibility index (Phi) is 9.72. The Balaban J connectivity index is 1.72. The molecule has 1 heterocycles. The maximum atomic E-state index is 6.06. The van der Waals surface area contributed by atoms with Crippen molar-refractivity contribution in [1.82, 2.24) is 15.5 Å². The summed E-state index contributed by atoms with van der Waals surface area (Å²) in [7, 11) is 0. The standard InChI is InChI=1S/C20H40N4O2/c1-4-21-19(22-11-14-26-18-9-7-5-6-8-10-18)23-17-20(2,3)24-12-15-25-16-13-24/h18H,4-17H2,1-3H3,(H2,21,22,23). The second kappa shape index (κ2) is 11.8. The summed E-state index contributed by atoms with van der Waals surface area (Å²) in [5.74, 6) is 0.887. The topological polar surface area (TPSA) is 58.1 Å². The third-order valence-electron chi connectivity index (χ3n) is 5.39. The molecule has 2 fully saturated rings. The van der Waals surface area contributed by atoms with Crippen LogP contribution in [0.2, 0.25) is 0 Å². The van der Waals surface area contributed by atoms with Gasteiger partial charge in [0.05, 0.1) is 32.5 Å². The first kappa shape index (κ1) is 21.5. The van der Waals surface area contributed by atoms with Crippen molar-refractivity contribution < 1.29 is 9.47 Å². The van der Waals surface area contributed by atoms with Crippen LogP contribution in [0.1, 0.15) is 59.3 Å². The molecule has 0 unspecified atom stereocenters. The highest BCUT2D eigenvalue weighted by Gasteiger charge is 2.28. The molecular formula is C20H40N4O2. The van der Waals surface area contributed by atoms with E-state index in [9.17, 15) is 0 Å². The highest BCUT2D eigenvalue weighted by molar-refractivity contribution is 5.79. The van der Waals surface area contributed by atoms with Crippen molar-refractivity contribution >= 4 is 5.96 Å². The second-order valence-corrected chi connectivity index (χ2v) is 8.02. The van der Waals surface area contributed by atoms with Gasteiger partial charge in [-0.1, -0.05) is 25.7 Å². The molecule has 2 aliphatic rings. The maximum Gasteiger partial charge on any atom is 0.191 e. The first-order valence-corrected chi connectivity index (χ1v) is 10.6. The fourth-order valence-electron chi connectivity index (χ4n) is 3.69. The Morgan fingerprint density at radius 2 is 1.81 bits per heavy atom. The van der Waals surface area contributed by atoms with Gasteiger partial charge in [-0.05, 0) is 33.6 Å². The molecule has 0 radical (unpaired) electrons. The van der Waals surface area contributed by atoms with Crippen LogP contribution in [0.4, 0.5) is 0 Å². The lowest BCUT2D eigenvalue weighted by atomic mass is 10.0. The summed E-state index contributed by atoms with van der Waals surface area (Å²) in [6, 6.07) is 0. The Labute approximate surface area is 160 Å². The SMILES string of the molecule is CCNC(=NCC(C)(C)N1CCOCC1)NCCOC1CCCCCC1. The maximum absolute atomic E-state index is 6.06. The van der Waals surface area contributed by atoms with E-state index >= 15 is 0 Å². The summed E-state index contributed by atoms with van der Waals surface area (Å²) in [6.07, 6.45) is 8.28. The zero-order valence-corrected chi connectivity index (χ0v) is 17.2. The van der Waals surface area contributed by atoms with Gasteiger partial charge in [0.1, 0.15) is 0 Å². The van der Waals surface area contributed by atoms with Crippen LogP contribution >= 0.6 is 0 Å². The van der Waals surface area contributed by atoms with Crippen LogP contribution in [0.3, 0.4) is 0 Å². The Morgan fingerprint density at radius 3 is 2.46 bits per heavy atom. The van der Waals surface area contributed by atoms with Crippen molar-refractivity contribution in [3.8, 4) is 0 Å². The molecule has 6 heteroatoms. The predicted octanol–water partition coefficient (Wildman–Crippen LogP) is 2.39. The number of rotatable bonds is 8. The zero-order chi connectivity index (χ0) is 18.7. The smallest absolute Gasteiger partial charge is 0.191 e. The number of nitrogens with one attached hydrogen (secondary N) is 2. The van der Waals surface area contributed by atoms with Crippen LogP contribution in [0.15, 0.2) is 4.99 Å². The van der Waals surface area contributed by atoms with Crippen LogP contribution < -0.4 is 10.6 Å². The molecule has 0 bridgehead atoms. The third kappa shape index (κ3) is 7.80. The number of nitrogens with zero attached hydrogens (tertiary/aromatic N) is 2. The normalized spacial score (nSPS) is 21.4. The molecule has 1 aliphatic carbocycles. The van der Waals surface area contributed by atoms with Crippen molar-refractivity contribution in [3.05, 3.63) is 0 Å². The van der Waals surface area contributed by atoms with Crippen LogP contribution in [-0.2, 0) is 9.47 Å². The van der Waals surface area contributed by atoms with Gasteiger partial charge in [-0.25, -0.2) is 0 Å². The number of hydrogen-bond acceptors (Lipinski definition) is 4. The molecule has 2 rings (SSSR count). The summed E-state index contributed by atoms with van der Waals surface area (Å²) in [6.45, 7) is 13.5. The first-order chi connectivity index (χ1) is 12.6. The predicted molar refractivity (Wildman–Crippen MR) is 108 cm³/mol. The van der Waals surface area contributed by atoms with Gasteiger partial charge in [-0.2, -0.15) is 0 Å². The van der Waals surface area contributed by atoms with E-state index in [0.717, 1.165) is 58.5 Å². The lowest BCUT2D eigenvalue weighted by molar-refractivity contribution is -0.00684. The summed E-state index contributed by atoms with van der Waals surface area (Å²) >= 11 is 0. The third-order valence-corrected chi connectivity index (χ3v) is 5.39. The van der Waals surface area contributed by atoms with Crippen LogP contribution in [-0.4, -0.2) is 75.0 Å². The first-order valence-electron chi connectivity index (χ1n) is 10.6. The van der Waals surface area contributed by atoms with E-state index < -0.39 is 0 Å². The Morgan fingerprint density at radius 1 is 1.12 bits per heavy atom. The molecular weight excluding hydrogens is 328 g/mol. The van der Waals surface area contributed by atoms with E-state index in [4.69, 9.17) is 14.5 Å². The van der Waals surface area contributed by atoms with Crippen LogP contribution in [0.5, 0.6) is 0 Å². The van der Waals surface area contributed by atoms with E-state index in [1.807, 2.05) is 0 Å². The van der Waals surface area contributed by atoms with Gasteiger partial charge in [-0.3, -0.25) is 9.89 Å². The number of guanidine groups is 1. The van der Waals surface area contributed by atoms with Gasteiger partial charge in [-0.15, -0.1) is 0 Å². The molecule has 0 atom stereocenters. The minimum absolute atomic E-state index is 0.0446. The van der Waals surface area contributed by atoms with Gasteiger partial charge in [0.25, 0.3) is 0 Å². The minimum atomic E-state index is 0.0446. The molecule has 0 aromatic carbocycles. The zero-order valence-electron chi connectivity index (χ0n) is 17.2. The molecule has 2 N–H and O–H groups in total. The van der Waals surface area contributed by atoms with Gasteiger partial charge in [0.15, 0.2) is 5.96 Å². The Hall–Kier alpha value is -0.850. The molecule has 152 valence electrons. The minimum Gasteiger partial charge on any atom is -0.379 e. The molecule has 6 nitrogen and oxygen atoms in total. The molecule has 0 aromatic rings. The van der Waals surface area contributed by atoms with Gasteiger partial charge < -0.3 is 20.1 Å². The summed E-state index contributed by atoms with van der Waals surface area (Å²) in [5, 5.41) is 6.77. The molecule has 0 amide bonds. The summed E-state index contributed by atoms with van der Waals surface area (Å²) < 4.78 is 11.5. The van der Waals surface area contributed by atoms with E-state index in [1.165, 1.54) is 38.5 Å². The van der Waals surface area contributed by atoms with Crippen molar-refractivity contribution in [1.29, 1.82) is 0 Å². The lowest BCUT2D eigenvalue weighted by Crippen LogP contribution is -2.52. The molecule has 1 saturated carbocycles. The van der Waals surface area contributed by atoms with E-state index in [0.29, 0.717) is 6.10 Å². The van der Waals surface area contributed by atoms with Crippen LogP contribution in [0, 0.1) is 0 Å². The van der Waals surface area contributed by atoms with Crippen molar-refractivity contribution in [2.75, 3.05) is 52.5 Å². The fraction of sp³-hybridized carbons (Fsp3) is 0.950. The van der Waals surface area contributed by atoms with E-state index in [2.05, 4.69) is 36.3 Å². The monoisotopic (exact) mass is 368 g/mol. The fourth-order valence-corrected chi connectivity index (χ4v) is 3.69. The average molecular weight is 369 g/mol. The van der Waals surface area contributed by atoms with E-state index in [-0.39, 0.29) is 5.54 Å². The average Bonchev–Trinajstić information content (AvgIpc) is 2.93. The molecule has 0 spiro atoms. The Bertz CT molecular complexity index is 401. The van der Waals surface area contributed by atoms with Gasteiger partial charge >= 0.3 is 0 Å². The summed E-state index contributed by atoms with van der Waals surface area (Å²) in [4.78, 5) is 7.29. The van der Waals surface area contributed by atoms with Gasteiger partial charge in [0, 0.05) is 31.7 Å². The lowest BCUT2D eigenvalue weighted by Gasteiger charge is -2.39. The molecule has 0 aromatic heterocycles. The number of morpholine rings is 1. The number of aliphatic imine (C=N–C) groups is 1. The van der Waals surface area contributed by atoms with Crippen molar-refractivity contribution in [2.24, 2.45) is 4.99 Å². The molecule has 26 heavy (non-hydrogen) atoms. The summed E-state index contributed by atoms with van der Waals surface area (Å²) in [5.41, 5.74) is 0.0446. The van der Waals surface area contributed by atoms with Crippen molar-refractivity contribution in [2.45, 2.75) is 70.9 Å². The van der Waals surface area contributed by atoms with Crippen LogP contribution in [0.25, 0.3) is 0 Å². The highest BCUT2D eigenvalue weighted by atomic mass is 16.5. The van der Waals surface area contributed by atoms with Crippen molar-refractivity contribution in [3.63, 3.8) is 0 Å². The quantitative estimate of drug-likeness (QED) is 0.298. The van der Waals surface area contributed by atoms with E-state index in [1.54, 1.807) is 0 Å². The highest BCUT2D eigenvalue weighted by Crippen LogP contribution is 2.19. The number of hydrogen-bond donors (Lipinski definition) is 2.